The van der Waals surface area contributed by atoms with Crippen LogP contribution in [0.5, 0.6) is 0 Å². The summed E-state index contributed by atoms with van der Waals surface area (Å²) in [6.45, 7) is 1.85. The molecule has 0 aromatic heterocycles. The number of hydrogen-bond donors (Lipinski definition) is 0. The number of rotatable bonds is 2. The molecule has 0 radical (unpaired) electrons. The lowest BCUT2D eigenvalue weighted by molar-refractivity contribution is 0.0995. The number of piperidine rings is 1. The minimum absolute atomic E-state index is 0.221. The zero-order valence-electron chi connectivity index (χ0n) is 10.1. The Labute approximate surface area is 107 Å². The minimum atomic E-state index is -0.221. The highest BCUT2D eigenvalue weighted by atomic mass is 16.6. The van der Waals surface area contributed by atoms with Gasteiger partial charge in [0.25, 0.3) is 0 Å². The van der Waals surface area contributed by atoms with Crippen LogP contribution in [0.1, 0.15) is 5.56 Å². The summed E-state index contributed by atoms with van der Waals surface area (Å²) in [5.41, 5.74) is 1.01. The van der Waals surface area contributed by atoms with Gasteiger partial charge in [-0.05, 0) is 17.4 Å². The van der Waals surface area contributed by atoms with Gasteiger partial charge in [-0.2, -0.15) is 0 Å². The van der Waals surface area contributed by atoms with E-state index in [1.54, 1.807) is 4.90 Å². The SMILES string of the molecule is C#CC1[C@H]2CN(C(=O)OCc3ccccc3)C[C@@H]12. The Balaban J connectivity index is 1.48. The van der Waals surface area contributed by atoms with Crippen molar-refractivity contribution in [1.29, 1.82) is 0 Å². The molecular formula is C15H15NO2. The smallest absolute Gasteiger partial charge is 0.410 e. The summed E-state index contributed by atoms with van der Waals surface area (Å²) in [6, 6.07) is 9.71. The zero-order valence-corrected chi connectivity index (χ0v) is 10.1. The van der Waals surface area contributed by atoms with Gasteiger partial charge in [-0.15, -0.1) is 12.3 Å². The molecule has 2 fully saturated rings. The van der Waals surface area contributed by atoms with E-state index in [1.165, 1.54) is 0 Å². The summed E-state index contributed by atoms with van der Waals surface area (Å²) in [6.07, 6.45) is 5.18. The molecule has 1 saturated heterocycles. The number of likely N-dealkylation sites (tertiary alicyclic amines) is 1. The van der Waals surface area contributed by atoms with Crippen LogP contribution < -0.4 is 0 Å². The average molecular weight is 241 g/mol. The van der Waals surface area contributed by atoms with Crippen LogP contribution in [-0.2, 0) is 11.3 Å². The van der Waals surface area contributed by atoms with Gasteiger partial charge in [-0.1, -0.05) is 30.3 Å². The molecule has 18 heavy (non-hydrogen) atoms. The molecule has 3 atom stereocenters. The number of hydrogen-bond acceptors (Lipinski definition) is 2. The van der Waals surface area contributed by atoms with E-state index in [4.69, 9.17) is 11.2 Å². The molecule has 3 nitrogen and oxygen atoms in total. The molecule has 1 aliphatic carbocycles. The summed E-state index contributed by atoms with van der Waals surface area (Å²) in [7, 11) is 0. The lowest BCUT2D eigenvalue weighted by atomic mass is 10.2. The first kappa shape index (κ1) is 11.2. The van der Waals surface area contributed by atoms with Crippen molar-refractivity contribution in [2.75, 3.05) is 13.1 Å². The predicted molar refractivity (Wildman–Crippen MR) is 67.5 cm³/mol. The molecule has 3 rings (SSSR count). The number of terminal acetylenes is 1. The highest BCUT2D eigenvalue weighted by molar-refractivity contribution is 5.68. The fourth-order valence-corrected chi connectivity index (χ4v) is 2.73. The number of ether oxygens (including phenoxy) is 1. The first-order valence-corrected chi connectivity index (χ1v) is 6.21. The van der Waals surface area contributed by atoms with E-state index in [0.29, 0.717) is 24.4 Å². The molecule has 0 spiro atoms. The van der Waals surface area contributed by atoms with Crippen molar-refractivity contribution < 1.29 is 9.53 Å². The Morgan fingerprint density at radius 1 is 1.33 bits per heavy atom. The van der Waals surface area contributed by atoms with E-state index in [9.17, 15) is 4.79 Å². The number of fused-ring (bicyclic) bond motifs is 1. The van der Waals surface area contributed by atoms with Crippen LogP contribution in [0.15, 0.2) is 30.3 Å². The van der Waals surface area contributed by atoms with Crippen LogP contribution in [0.2, 0.25) is 0 Å². The molecular weight excluding hydrogens is 226 g/mol. The van der Waals surface area contributed by atoms with Crippen molar-refractivity contribution in [3.63, 3.8) is 0 Å². The van der Waals surface area contributed by atoms with Gasteiger partial charge in [-0.3, -0.25) is 0 Å². The van der Waals surface area contributed by atoms with Crippen molar-refractivity contribution in [2.24, 2.45) is 17.8 Å². The van der Waals surface area contributed by atoms with Crippen LogP contribution in [0.3, 0.4) is 0 Å². The topological polar surface area (TPSA) is 29.5 Å². The molecule has 1 aromatic carbocycles. The van der Waals surface area contributed by atoms with Gasteiger partial charge in [0, 0.05) is 19.0 Å². The van der Waals surface area contributed by atoms with E-state index < -0.39 is 0 Å². The fourth-order valence-electron chi connectivity index (χ4n) is 2.73. The number of carbonyl (C=O) groups excluding carboxylic acids is 1. The summed E-state index contributed by atoms with van der Waals surface area (Å²) >= 11 is 0. The largest absolute Gasteiger partial charge is 0.445 e. The molecule has 1 aromatic rings. The number of amides is 1. The molecule has 3 heteroatoms. The second-order valence-electron chi connectivity index (χ2n) is 4.97. The molecule has 92 valence electrons. The number of nitrogens with zero attached hydrogens (tertiary/aromatic N) is 1. The quantitative estimate of drug-likeness (QED) is 0.742. The molecule has 1 amide bonds. The molecule has 1 aliphatic heterocycles. The van der Waals surface area contributed by atoms with E-state index in [1.807, 2.05) is 30.3 Å². The normalized spacial score (nSPS) is 28.4. The maximum Gasteiger partial charge on any atom is 0.410 e. The summed E-state index contributed by atoms with van der Waals surface area (Å²) in [4.78, 5) is 13.6. The van der Waals surface area contributed by atoms with Crippen molar-refractivity contribution in [2.45, 2.75) is 6.61 Å². The van der Waals surface area contributed by atoms with E-state index >= 15 is 0 Å². The Bertz CT molecular complexity index is 479. The maximum atomic E-state index is 11.8. The van der Waals surface area contributed by atoms with E-state index in [-0.39, 0.29) is 6.09 Å². The van der Waals surface area contributed by atoms with Gasteiger partial charge in [-0.25, -0.2) is 4.79 Å². The molecule has 0 bridgehead atoms. The fraction of sp³-hybridized carbons (Fsp3) is 0.400. The monoisotopic (exact) mass is 241 g/mol. The number of carbonyl (C=O) groups is 1. The lowest BCUT2D eigenvalue weighted by Crippen LogP contribution is -2.31. The molecule has 1 saturated carbocycles. The highest BCUT2D eigenvalue weighted by Crippen LogP contribution is 2.51. The van der Waals surface area contributed by atoms with Gasteiger partial charge < -0.3 is 9.64 Å². The lowest BCUT2D eigenvalue weighted by Gasteiger charge is -2.18. The van der Waals surface area contributed by atoms with Crippen LogP contribution in [0, 0.1) is 30.1 Å². The maximum absolute atomic E-state index is 11.8. The first-order valence-electron chi connectivity index (χ1n) is 6.21. The van der Waals surface area contributed by atoms with Crippen LogP contribution in [0.25, 0.3) is 0 Å². The highest BCUT2D eigenvalue weighted by Gasteiger charge is 2.56. The van der Waals surface area contributed by atoms with Crippen molar-refractivity contribution in [3.8, 4) is 12.3 Å². The van der Waals surface area contributed by atoms with Gasteiger partial charge in [0.05, 0.1) is 0 Å². The summed E-state index contributed by atoms with van der Waals surface area (Å²) in [5, 5.41) is 0. The third-order valence-electron chi connectivity index (χ3n) is 3.85. The Morgan fingerprint density at radius 3 is 2.61 bits per heavy atom. The van der Waals surface area contributed by atoms with Crippen molar-refractivity contribution in [3.05, 3.63) is 35.9 Å². The third kappa shape index (κ3) is 1.95. The van der Waals surface area contributed by atoms with Crippen LogP contribution >= 0.6 is 0 Å². The van der Waals surface area contributed by atoms with Crippen LogP contribution in [0.4, 0.5) is 4.79 Å². The van der Waals surface area contributed by atoms with Crippen molar-refractivity contribution in [1.82, 2.24) is 4.90 Å². The standard InChI is InChI=1S/C15H15NO2/c1-2-12-13-8-16(9-14(12)13)15(17)18-10-11-6-4-3-5-7-11/h1,3-7,12-14H,8-10H2/t12?,13-,14+. The third-order valence-corrected chi connectivity index (χ3v) is 3.85. The molecule has 0 N–H and O–H groups in total. The Kier molecular flexibility index (Phi) is 2.71. The zero-order chi connectivity index (χ0) is 12.5. The van der Waals surface area contributed by atoms with Gasteiger partial charge in [0.2, 0.25) is 0 Å². The Hall–Kier alpha value is -1.95. The van der Waals surface area contributed by atoms with Gasteiger partial charge >= 0.3 is 6.09 Å². The summed E-state index contributed by atoms with van der Waals surface area (Å²) < 4.78 is 5.29. The van der Waals surface area contributed by atoms with E-state index in [2.05, 4.69) is 5.92 Å². The molecule has 2 aliphatic rings. The average Bonchev–Trinajstić information content (AvgIpc) is 2.88. The first-order chi connectivity index (χ1) is 8.79. The second kappa shape index (κ2) is 4.38. The van der Waals surface area contributed by atoms with E-state index in [0.717, 1.165) is 18.7 Å². The second-order valence-corrected chi connectivity index (χ2v) is 4.97. The molecule has 1 unspecified atom stereocenters. The Morgan fingerprint density at radius 2 is 2.00 bits per heavy atom. The van der Waals surface area contributed by atoms with Gasteiger partial charge in [0.15, 0.2) is 0 Å². The van der Waals surface area contributed by atoms with Crippen LogP contribution in [-0.4, -0.2) is 24.1 Å². The predicted octanol–water partition coefficient (Wildman–Crippen LogP) is 2.13. The van der Waals surface area contributed by atoms with Gasteiger partial charge in [0.1, 0.15) is 6.61 Å². The number of benzene rings is 1. The molecule has 1 heterocycles. The summed E-state index contributed by atoms with van der Waals surface area (Å²) in [5.74, 6) is 4.20. The minimum Gasteiger partial charge on any atom is -0.445 e. The van der Waals surface area contributed by atoms with Crippen molar-refractivity contribution >= 4 is 6.09 Å².